The van der Waals surface area contributed by atoms with Gasteiger partial charge in [0.25, 0.3) is 0 Å². The third-order valence-corrected chi connectivity index (χ3v) is 9.49. The number of aliphatic hydroxyl groups is 1. The highest BCUT2D eigenvalue weighted by Crippen LogP contribution is 2.31. The number of likely N-dealkylation sites (N-methyl/N-ethyl adjacent to an activating group) is 1. The molecule has 0 spiro atoms. The maximum atomic E-state index is 12.1. The summed E-state index contributed by atoms with van der Waals surface area (Å²) in [6.07, 6.45) is 21.4. The number of nitrogens with one attached hydrogen (secondary N) is 3. The Labute approximate surface area is 253 Å². The first-order valence-electron chi connectivity index (χ1n) is 15.5. The van der Waals surface area contributed by atoms with E-state index < -0.39 is 20.7 Å². The summed E-state index contributed by atoms with van der Waals surface area (Å²) in [7, 11) is -0.486. The molecule has 0 aromatic heterocycles. The van der Waals surface area contributed by atoms with Gasteiger partial charge in [-0.15, -0.1) is 0 Å². The van der Waals surface area contributed by atoms with Crippen LogP contribution in [0.3, 0.4) is 0 Å². The van der Waals surface area contributed by atoms with E-state index >= 15 is 0 Å². The molecule has 8 N–H and O–H groups in total. The number of allylic oxidation sites excluding steroid dienone is 1. The topological polar surface area (TPSA) is 166 Å². The van der Waals surface area contributed by atoms with E-state index in [1.165, 1.54) is 57.8 Å². The van der Waals surface area contributed by atoms with E-state index in [2.05, 4.69) is 20.5 Å². The van der Waals surface area contributed by atoms with Gasteiger partial charge in [0.1, 0.15) is 0 Å². The van der Waals surface area contributed by atoms with Gasteiger partial charge in [-0.25, -0.2) is 0 Å². The van der Waals surface area contributed by atoms with Gasteiger partial charge in [-0.1, -0.05) is 76.4 Å². The number of hydrogen-bond donors (Lipinski definition) is 7. The standard InChI is InChI=1S/C29H57N4O6PS/c1-31-29-25(33-23-34)22-41-27(29)18-14-15-19-28(36)32-20-16-12-10-8-6-4-2-3-5-7-9-11-13-17-26(35)24(30)21-39-40(37)38/h13,17,23-27,29,31,35,37-38H,2-12,14-16,18-22,30H2,1H3,(H,32,36)(H,33,34)/b17-13+. The van der Waals surface area contributed by atoms with Crippen LogP contribution in [0.4, 0.5) is 0 Å². The van der Waals surface area contributed by atoms with Gasteiger partial charge < -0.3 is 41.1 Å². The zero-order valence-electron chi connectivity index (χ0n) is 25.1. The normalized spacial score (nSPS) is 20.5. The second-order valence-electron chi connectivity index (χ2n) is 11.0. The van der Waals surface area contributed by atoms with Gasteiger partial charge in [-0.3, -0.25) is 9.59 Å². The summed E-state index contributed by atoms with van der Waals surface area (Å²) in [5.41, 5.74) is 5.72. The van der Waals surface area contributed by atoms with Crippen molar-refractivity contribution in [3.8, 4) is 0 Å². The Hall–Kier alpha value is -0.780. The molecule has 0 bridgehead atoms. The molecule has 240 valence electrons. The first kappa shape index (κ1) is 38.2. The molecule has 1 heterocycles. The number of nitrogens with two attached hydrogens (primary N) is 1. The van der Waals surface area contributed by atoms with Crippen molar-refractivity contribution in [2.45, 2.75) is 132 Å². The Morgan fingerprint density at radius 3 is 2.27 bits per heavy atom. The second kappa shape index (κ2) is 25.7. The van der Waals surface area contributed by atoms with Crippen molar-refractivity contribution in [3.63, 3.8) is 0 Å². The van der Waals surface area contributed by atoms with Gasteiger partial charge in [0, 0.05) is 30.0 Å². The average Bonchev–Trinajstić information content (AvgIpc) is 3.34. The van der Waals surface area contributed by atoms with E-state index in [9.17, 15) is 14.7 Å². The number of rotatable bonds is 27. The molecule has 0 radical (unpaired) electrons. The van der Waals surface area contributed by atoms with E-state index in [1.807, 2.05) is 24.9 Å². The summed E-state index contributed by atoms with van der Waals surface area (Å²) < 4.78 is 4.63. The lowest BCUT2D eigenvalue weighted by molar-refractivity contribution is -0.121. The molecule has 1 fully saturated rings. The summed E-state index contributed by atoms with van der Waals surface area (Å²) in [6.45, 7) is 0.689. The predicted molar refractivity (Wildman–Crippen MR) is 169 cm³/mol. The molecule has 41 heavy (non-hydrogen) atoms. The summed E-state index contributed by atoms with van der Waals surface area (Å²) in [6, 6.07) is -0.172. The molecule has 1 aliphatic rings. The minimum atomic E-state index is -2.44. The van der Waals surface area contributed by atoms with Crippen molar-refractivity contribution in [2.24, 2.45) is 5.73 Å². The molecule has 5 atom stereocenters. The van der Waals surface area contributed by atoms with Gasteiger partial charge in [-0.05, 0) is 39.2 Å². The first-order chi connectivity index (χ1) is 19.9. The molecule has 0 aromatic rings. The third kappa shape index (κ3) is 19.9. The van der Waals surface area contributed by atoms with Crippen LogP contribution in [0.2, 0.25) is 0 Å². The summed E-state index contributed by atoms with van der Waals surface area (Å²) in [4.78, 5) is 40.3. The third-order valence-electron chi connectivity index (χ3n) is 7.61. The zero-order valence-corrected chi connectivity index (χ0v) is 26.8. The van der Waals surface area contributed by atoms with E-state index in [0.717, 1.165) is 57.2 Å². The van der Waals surface area contributed by atoms with Crippen molar-refractivity contribution in [2.75, 3.05) is 26.0 Å². The largest absolute Gasteiger partial charge is 0.387 e. The van der Waals surface area contributed by atoms with Crippen molar-refractivity contribution < 1.29 is 29.0 Å². The number of carbonyl (C=O) groups excluding carboxylic acids is 2. The number of unbranched alkanes of at least 4 members (excludes halogenated alkanes) is 12. The lowest BCUT2D eigenvalue weighted by atomic mass is 10.0. The molecule has 5 unspecified atom stereocenters. The van der Waals surface area contributed by atoms with Crippen LogP contribution in [0.25, 0.3) is 0 Å². The smallest absolute Gasteiger partial charge is 0.327 e. The first-order valence-corrected chi connectivity index (χ1v) is 17.8. The number of aliphatic hydroxyl groups excluding tert-OH is 1. The Morgan fingerprint density at radius 1 is 1.02 bits per heavy atom. The molecule has 12 heteroatoms. The molecule has 10 nitrogen and oxygen atoms in total. The van der Waals surface area contributed by atoms with E-state index in [4.69, 9.17) is 15.5 Å². The van der Waals surface area contributed by atoms with Crippen LogP contribution >= 0.6 is 20.4 Å². The highest BCUT2D eigenvalue weighted by molar-refractivity contribution is 8.00. The van der Waals surface area contributed by atoms with Crippen molar-refractivity contribution >= 4 is 32.7 Å². The SMILES string of the molecule is CNC1C(NC=O)CSC1CCCCC(=O)NCCCCCCCCCCCCC/C=C/C(O)C(N)COP(O)O. The summed E-state index contributed by atoms with van der Waals surface area (Å²) in [5, 5.41) is 19.7. The zero-order chi connectivity index (χ0) is 30.1. The number of hydrogen-bond acceptors (Lipinski definition) is 9. The fourth-order valence-corrected chi connectivity index (χ4v) is 7.07. The maximum absolute atomic E-state index is 12.1. The Kier molecular flexibility index (Phi) is 24.0. The lowest BCUT2D eigenvalue weighted by Gasteiger charge is -2.22. The van der Waals surface area contributed by atoms with Gasteiger partial charge >= 0.3 is 8.60 Å². The summed E-state index contributed by atoms with van der Waals surface area (Å²) >= 11 is 1.91. The highest BCUT2D eigenvalue weighted by atomic mass is 32.2. The van der Waals surface area contributed by atoms with Gasteiger partial charge in [0.2, 0.25) is 12.3 Å². The van der Waals surface area contributed by atoms with Crippen molar-refractivity contribution in [1.29, 1.82) is 0 Å². The minimum Gasteiger partial charge on any atom is -0.387 e. The molecule has 0 saturated carbocycles. The monoisotopic (exact) mass is 620 g/mol. The van der Waals surface area contributed by atoms with Gasteiger partial charge in [-0.2, -0.15) is 11.8 Å². The van der Waals surface area contributed by atoms with E-state index in [1.54, 1.807) is 6.08 Å². The highest BCUT2D eigenvalue weighted by Gasteiger charge is 2.34. The van der Waals surface area contributed by atoms with Gasteiger partial charge in [0.15, 0.2) is 0 Å². The lowest BCUT2D eigenvalue weighted by Crippen LogP contribution is -2.48. The molecule has 1 saturated heterocycles. The fraction of sp³-hybridized carbons (Fsp3) is 0.862. The molecule has 1 aliphatic heterocycles. The minimum absolute atomic E-state index is 0.0907. The van der Waals surface area contributed by atoms with E-state index in [0.29, 0.717) is 17.7 Å². The maximum Gasteiger partial charge on any atom is 0.327 e. The molecule has 0 aliphatic carbocycles. The molecular weight excluding hydrogens is 563 g/mol. The molecule has 2 amide bonds. The number of amides is 2. The average molecular weight is 621 g/mol. The summed E-state index contributed by atoms with van der Waals surface area (Å²) in [5.74, 6) is 1.11. The van der Waals surface area contributed by atoms with Crippen molar-refractivity contribution in [1.82, 2.24) is 16.0 Å². The fourth-order valence-electron chi connectivity index (χ4n) is 5.14. The van der Waals surface area contributed by atoms with Crippen LogP contribution in [0.1, 0.15) is 103 Å². The van der Waals surface area contributed by atoms with Gasteiger partial charge in [0.05, 0.1) is 24.8 Å². The molecular formula is C29H57N4O6PS. The molecule has 1 rings (SSSR count). The van der Waals surface area contributed by atoms with Crippen LogP contribution in [-0.2, 0) is 14.1 Å². The number of thioether (sulfide) groups is 1. The Balaban J connectivity index is 1.84. The molecule has 0 aromatic carbocycles. The van der Waals surface area contributed by atoms with Crippen molar-refractivity contribution in [3.05, 3.63) is 12.2 Å². The van der Waals surface area contributed by atoms with Crippen LogP contribution in [-0.4, -0.2) is 82.6 Å². The van der Waals surface area contributed by atoms with Crippen LogP contribution < -0.4 is 21.7 Å². The Morgan fingerprint density at radius 2 is 1.66 bits per heavy atom. The number of carbonyl (C=O) groups is 2. The van der Waals surface area contributed by atoms with Crippen LogP contribution in [0.15, 0.2) is 12.2 Å². The predicted octanol–water partition coefficient (Wildman–Crippen LogP) is 3.63. The van der Waals surface area contributed by atoms with Crippen LogP contribution in [0, 0.1) is 0 Å². The van der Waals surface area contributed by atoms with E-state index in [-0.39, 0.29) is 18.6 Å². The van der Waals surface area contributed by atoms with Crippen LogP contribution in [0.5, 0.6) is 0 Å². The Bertz CT molecular complexity index is 694. The second-order valence-corrected chi connectivity index (χ2v) is 13.0. The quantitative estimate of drug-likeness (QED) is 0.0314.